The molecule has 8 heteroatoms. The van der Waals surface area contributed by atoms with Crippen LogP contribution in [0.25, 0.3) is 0 Å². The minimum Gasteiger partial charge on any atom is -0.339 e. The molecule has 0 bridgehead atoms. The van der Waals surface area contributed by atoms with Gasteiger partial charge in [-0.15, -0.1) is 0 Å². The monoisotopic (exact) mass is 391 g/mol. The highest BCUT2D eigenvalue weighted by Crippen LogP contribution is 2.30. The van der Waals surface area contributed by atoms with E-state index in [1.165, 1.54) is 30.5 Å². The maximum Gasteiger partial charge on any atom is 0.416 e. The minimum absolute atomic E-state index is 0.00544. The lowest BCUT2D eigenvalue weighted by Crippen LogP contribution is -2.32. The summed E-state index contributed by atoms with van der Waals surface area (Å²) >= 11 is 0. The molecule has 1 saturated heterocycles. The zero-order valence-electron chi connectivity index (χ0n) is 15.1. The largest absolute Gasteiger partial charge is 0.416 e. The number of pyridine rings is 1. The predicted octanol–water partition coefficient (Wildman–Crippen LogP) is 4.37. The Morgan fingerprint density at radius 2 is 1.71 bits per heavy atom. The van der Waals surface area contributed by atoms with Crippen molar-refractivity contribution in [3.8, 4) is 0 Å². The van der Waals surface area contributed by atoms with Gasteiger partial charge >= 0.3 is 6.18 Å². The average Bonchev–Trinajstić information content (AvgIpc) is 2.96. The van der Waals surface area contributed by atoms with Gasteiger partial charge in [-0.1, -0.05) is 18.9 Å². The Bertz CT molecular complexity index is 860. The van der Waals surface area contributed by atoms with Gasteiger partial charge in [-0.25, -0.2) is 0 Å². The molecular weight excluding hydrogens is 371 g/mol. The molecular formula is C20H20F3N3O2. The van der Waals surface area contributed by atoms with Gasteiger partial charge in [0, 0.05) is 30.5 Å². The third-order valence-corrected chi connectivity index (χ3v) is 4.58. The molecule has 28 heavy (non-hydrogen) atoms. The summed E-state index contributed by atoms with van der Waals surface area (Å²) in [5.41, 5.74) is -0.543. The molecule has 1 aliphatic rings. The third-order valence-electron chi connectivity index (χ3n) is 4.58. The van der Waals surface area contributed by atoms with Crippen molar-refractivity contribution in [2.45, 2.75) is 31.9 Å². The highest BCUT2D eigenvalue weighted by atomic mass is 19.4. The number of halogens is 3. The number of carbonyl (C=O) groups excluding carboxylic acids is 2. The van der Waals surface area contributed by atoms with Crippen LogP contribution in [-0.4, -0.2) is 34.8 Å². The van der Waals surface area contributed by atoms with Gasteiger partial charge in [0.1, 0.15) is 5.69 Å². The first-order valence-electron chi connectivity index (χ1n) is 9.08. The molecule has 1 N–H and O–H groups in total. The van der Waals surface area contributed by atoms with Crippen LogP contribution >= 0.6 is 0 Å². The van der Waals surface area contributed by atoms with E-state index in [4.69, 9.17) is 0 Å². The van der Waals surface area contributed by atoms with E-state index in [2.05, 4.69) is 10.3 Å². The summed E-state index contributed by atoms with van der Waals surface area (Å²) in [4.78, 5) is 30.8. The van der Waals surface area contributed by atoms with Crippen molar-refractivity contribution in [2.24, 2.45) is 0 Å². The van der Waals surface area contributed by atoms with Gasteiger partial charge in [0.2, 0.25) is 0 Å². The Kier molecular flexibility index (Phi) is 5.96. The lowest BCUT2D eigenvalue weighted by molar-refractivity contribution is -0.137. The molecule has 1 aliphatic heterocycles. The van der Waals surface area contributed by atoms with Crippen molar-refractivity contribution < 1.29 is 22.8 Å². The number of amides is 2. The number of likely N-dealkylation sites (tertiary alicyclic amines) is 1. The number of nitrogens with zero attached hydrogens (tertiary/aromatic N) is 2. The zero-order chi connectivity index (χ0) is 20.1. The van der Waals surface area contributed by atoms with Crippen LogP contribution in [0.5, 0.6) is 0 Å². The highest BCUT2D eigenvalue weighted by Gasteiger charge is 2.30. The van der Waals surface area contributed by atoms with Gasteiger partial charge in [-0.2, -0.15) is 13.2 Å². The third kappa shape index (κ3) is 4.88. The highest BCUT2D eigenvalue weighted by molar-refractivity contribution is 6.04. The molecule has 2 aromatic rings. The molecule has 1 fully saturated rings. The van der Waals surface area contributed by atoms with Crippen LogP contribution in [0.1, 0.15) is 52.1 Å². The number of alkyl halides is 3. The molecule has 0 saturated carbocycles. The average molecular weight is 391 g/mol. The zero-order valence-corrected chi connectivity index (χ0v) is 15.1. The van der Waals surface area contributed by atoms with Crippen molar-refractivity contribution in [3.05, 3.63) is 59.4 Å². The number of hydrogen-bond donors (Lipinski definition) is 1. The number of benzene rings is 1. The quantitative estimate of drug-likeness (QED) is 0.845. The molecule has 0 unspecified atom stereocenters. The molecule has 148 valence electrons. The van der Waals surface area contributed by atoms with E-state index in [9.17, 15) is 22.8 Å². The van der Waals surface area contributed by atoms with Crippen molar-refractivity contribution in [3.63, 3.8) is 0 Å². The van der Waals surface area contributed by atoms with Gasteiger partial charge in [0.05, 0.1) is 5.56 Å². The molecule has 2 heterocycles. The van der Waals surface area contributed by atoms with Crippen molar-refractivity contribution in [2.75, 3.05) is 18.4 Å². The number of aromatic nitrogens is 1. The van der Waals surface area contributed by atoms with Crippen LogP contribution in [-0.2, 0) is 6.18 Å². The second-order valence-electron chi connectivity index (χ2n) is 6.67. The van der Waals surface area contributed by atoms with E-state index in [1.807, 2.05) is 0 Å². The Balaban J connectivity index is 1.74. The van der Waals surface area contributed by atoms with Crippen LogP contribution in [0.2, 0.25) is 0 Å². The van der Waals surface area contributed by atoms with Crippen molar-refractivity contribution >= 4 is 17.5 Å². The molecule has 1 aromatic carbocycles. The van der Waals surface area contributed by atoms with Gasteiger partial charge in [-0.05, 0) is 43.2 Å². The maximum atomic E-state index is 12.8. The van der Waals surface area contributed by atoms with Crippen molar-refractivity contribution in [1.82, 2.24) is 9.88 Å². The summed E-state index contributed by atoms with van der Waals surface area (Å²) in [5, 5.41) is 2.40. The Morgan fingerprint density at radius 3 is 2.39 bits per heavy atom. The topological polar surface area (TPSA) is 62.3 Å². The van der Waals surface area contributed by atoms with Crippen LogP contribution in [0.4, 0.5) is 18.9 Å². The smallest absolute Gasteiger partial charge is 0.339 e. The summed E-state index contributed by atoms with van der Waals surface area (Å²) in [6.45, 7) is 1.35. The summed E-state index contributed by atoms with van der Waals surface area (Å²) in [7, 11) is 0. The number of anilines is 1. The van der Waals surface area contributed by atoms with Gasteiger partial charge in [-0.3, -0.25) is 14.6 Å². The minimum atomic E-state index is -4.50. The Morgan fingerprint density at radius 1 is 1.00 bits per heavy atom. The van der Waals surface area contributed by atoms with Crippen LogP contribution in [0.3, 0.4) is 0 Å². The molecule has 3 rings (SSSR count). The van der Waals surface area contributed by atoms with E-state index < -0.39 is 17.6 Å². The van der Waals surface area contributed by atoms with E-state index in [-0.39, 0.29) is 17.3 Å². The first-order valence-corrected chi connectivity index (χ1v) is 9.08. The number of carbonyl (C=O) groups is 2. The summed E-state index contributed by atoms with van der Waals surface area (Å²) in [6.07, 6.45) is 0.916. The lowest BCUT2D eigenvalue weighted by Gasteiger charge is -2.20. The molecule has 0 atom stereocenters. The second-order valence-corrected chi connectivity index (χ2v) is 6.67. The molecule has 2 amide bonds. The van der Waals surface area contributed by atoms with E-state index in [0.717, 1.165) is 37.8 Å². The van der Waals surface area contributed by atoms with Gasteiger partial charge in [0.15, 0.2) is 0 Å². The standard InChI is InChI=1S/C20H20F3N3O2/c21-20(22,23)15-6-5-7-16(13-15)25-18(27)17-12-14(8-9-24-17)19(28)26-10-3-1-2-4-11-26/h5-9,12-13H,1-4,10-11H2,(H,25,27). The van der Waals surface area contributed by atoms with Gasteiger partial charge in [0.25, 0.3) is 11.8 Å². The van der Waals surface area contributed by atoms with E-state index >= 15 is 0 Å². The van der Waals surface area contributed by atoms with E-state index in [1.54, 1.807) is 4.90 Å². The fourth-order valence-electron chi connectivity index (χ4n) is 3.11. The molecule has 5 nitrogen and oxygen atoms in total. The maximum absolute atomic E-state index is 12.8. The van der Waals surface area contributed by atoms with E-state index in [0.29, 0.717) is 18.7 Å². The summed E-state index contributed by atoms with van der Waals surface area (Å²) in [6, 6.07) is 7.26. The first-order chi connectivity index (χ1) is 13.3. The molecule has 0 radical (unpaired) electrons. The second kappa shape index (κ2) is 8.41. The summed E-state index contributed by atoms with van der Waals surface area (Å²) < 4.78 is 38.4. The van der Waals surface area contributed by atoms with Gasteiger partial charge < -0.3 is 10.2 Å². The van der Waals surface area contributed by atoms with Crippen molar-refractivity contribution in [1.29, 1.82) is 0 Å². The number of rotatable bonds is 3. The molecule has 0 aliphatic carbocycles. The Labute approximate surface area is 160 Å². The van der Waals surface area contributed by atoms with Crippen LogP contribution in [0.15, 0.2) is 42.6 Å². The van der Waals surface area contributed by atoms with Crippen LogP contribution in [0, 0.1) is 0 Å². The fraction of sp³-hybridized carbons (Fsp3) is 0.350. The number of hydrogen-bond acceptors (Lipinski definition) is 3. The normalized spacial score (nSPS) is 15.0. The summed E-state index contributed by atoms with van der Waals surface area (Å²) in [5.74, 6) is -0.845. The first kappa shape index (κ1) is 19.9. The molecule has 1 aromatic heterocycles. The Hall–Kier alpha value is -2.90. The van der Waals surface area contributed by atoms with Crippen LogP contribution < -0.4 is 5.32 Å². The molecule has 0 spiro atoms. The lowest BCUT2D eigenvalue weighted by atomic mass is 10.1. The fourth-order valence-corrected chi connectivity index (χ4v) is 3.11. The number of nitrogens with one attached hydrogen (secondary N) is 1. The SMILES string of the molecule is O=C(Nc1cccc(C(F)(F)F)c1)c1cc(C(=O)N2CCCCCC2)ccn1. The predicted molar refractivity (Wildman–Crippen MR) is 98.0 cm³/mol.